The summed E-state index contributed by atoms with van der Waals surface area (Å²) in [6, 6.07) is 20.4. The molecule has 41 heavy (non-hydrogen) atoms. The van der Waals surface area contributed by atoms with Crippen LogP contribution in [0.1, 0.15) is 49.8 Å². The minimum Gasteiger partial charge on any atom is -0.354 e. The number of hydrogen-bond acceptors (Lipinski definition) is 4. The molecule has 3 rings (SSSR count). The minimum absolute atomic E-state index is 0.0652. The van der Waals surface area contributed by atoms with Crippen molar-refractivity contribution < 1.29 is 18.0 Å². The summed E-state index contributed by atoms with van der Waals surface area (Å²) in [5, 5.41) is 3.34. The number of benzene rings is 3. The summed E-state index contributed by atoms with van der Waals surface area (Å²) in [6.45, 7) is 7.79. The Bertz CT molecular complexity index is 1410. The summed E-state index contributed by atoms with van der Waals surface area (Å²) in [4.78, 5) is 29.0. The fourth-order valence-corrected chi connectivity index (χ4v) is 6.26. The average Bonchev–Trinajstić information content (AvgIpc) is 2.96. The van der Waals surface area contributed by atoms with Crippen molar-refractivity contribution in [2.45, 2.75) is 64.3 Å². The number of carbonyl (C=O) groups excluding carboxylic acids is 2. The van der Waals surface area contributed by atoms with Crippen LogP contribution in [-0.4, -0.2) is 50.8 Å². The molecule has 0 aromatic heterocycles. The molecule has 0 saturated heterocycles. The molecule has 2 amide bonds. The second kappa shape index (κ2) is 15.0. The highest BCUT2D eigenvalue weighted by Gasteiger charge is 2.34. The third-order valence-electron chi connectivity index (χ3n) is 7.10. The van der Waals surface area contributed by atoms with Crippen LogP contribution in [0.4, 0.5) is 5.69 Å². The molecule has 9 heteroatoms. The second-order valence-corrected chi connectivity index (χ2v) is 12.4. The number of unbranched alkanes of at least 4 members (excludes halogenated alkanes) is 1. The van der Waals surface area contributed by atoms with Gasteiger partial charge in [0.1, 0.15) is 12.6 Å². The van der Waals surface area contributed by atoms with Crippen molar-refractivity contribution in [3.63, 3.8) is 0 Å². The quantitative estimate of drug-likeness (QED) is 0.234. The predicted octanol–water partition coefficient (Wildman–Crippen LogP) is 5.92. The molecule has 1 atom stereocenters. The van der Waals surface area contributed by atoms with Crippen LogP contribution in [0, 0.1) is 13.8 Å². The first kappa shape index (κ1) is 32.2. The number of hydrogen-bond donors (Lipinski definition) is 1. The standard InChI is InChI=1S/C32H40ClN3O4S/c1-5-7-21-34-32(38)29(6-2)35(22-20-26-12-9-8-10-13-26)31(37)23-36(30-15-11-14-28(33)25(30)4)41(39,40)27-18-16-24(3)17-19-27/h8-19,29H,5-7,20-23H2,1-4H3,(H,34,38)/t29-/m1/s1. The summed E-state index contributed by atoms with van der Waals surface area (Å²) in [6.07, 6.45) is 2.67. The Morgan fingerprint density at radius 2 is 1.61 bits per heavy atom. The van der Waals surface area contributed by atoms with E-state index in [0.717, 1.165) is 28.3 Å². The molecule has 0 fully saturated rings. The van der Waals surface area contributed by atoms with Gasteiger partial charge >= 0.3 is 0 Å². The van der Waals surface area contributed by atoms with Gasteiger partial charge in [-0.15, -0.1) is 0 Å². The molecular weight excluding hydrogens is 558 g/mol. The maximum absolute atomic E-state index is 14.1. The number of nitrogens with zero attached hydrogens (tertiary/aromatic N) is 2. The van der Waals surface area contributed by atoms with Crippen LogP contribution in [0.5, 0.6) is 0 Å². The number of carbonyl (C=O) groups is 2. The molecule has 0 spiro atoms. The van der Waals surface area contributed by atoms with E-state index in [2.05, 4.69) is 5.32 Å². The van der Waals surface area contributed by atoms with Crippen LogP contribution in [-0.2, 0) is 26.0 Å². The molecule has 0 heterocycles. The normalized spacial score (nSPS) is 12.0. The van der Waals surface area contributed by atoms with E-state index in [1.807, 2.05) is 51.1 Å². The highest BCUT2D eigenvalue weighted by atomic mass is 35.5. The summed E-state index contributed by atoms with van der Waals surface area (Å²) in [7, 11) is -4.15. The molecule has 220 valence electrons. The van der Waals surface area contributed by atoms with Crippen molar-refractivity contribution in [2.24, 2.45) is 0 Å². The molecule has 3 aromatic carbocycles. The van der Waals surface area contributed by atoms with Crippen molar-refractivity contribution in [2.75, 3.05) is 23.9 Å². The Kier molecular flexibility index (Phi) is 11.8. The van der Waals surface area contributed by atoms with Crippen molar-refractivity contribution in [3.8, 4) is 0 Å². The zero-order valence-electron chi connectivity index (χ0n) is 24.3. The molecule has 3 aromatic rings. The summed E-state index contributed by atoms with van der Waals surface area (Å²) in [5.41, 5.74) is 2.78. The Labute approximate surface area is 249 Å². The Hall–Kier alpha value is -3.36. The minimum atomic E-state index is -4.15. The number of anilines is 1. The van der Waals surface area contributed by atoms with E-state index >= 15 is 0 Å². The molecule has 0 aliphatic rings. The van der Waals surface area contributed by atoms with Gasteiger partial charge in [0.15, 0.2) is 0 Å². The number of sulfonamides is 1. The zero-order valence-corrected chi connectivity index (χ0v) is 25.8. The Morgan fingerprint density at radius 1 is 0.927 bits per heavy atom. The van der Waals surface area contributed by atoms with Crippen LogP contribution in [0.2, 0.25) is 5.02 Å². The molecular formula is C32H40ClN3O4S. The molecule has 0 aliphatic heterocycles. The first-order valence-corrected chi connectivity index (χ1v) is 15.9. The monoisotopic (exact) mass is 597 g/mol. The fourth-order valence-electron chi connectivity index (χ4n) is 4.62. The lowest BCUT2D eigenvalue weighted by atomic mass is 10.1. The van der Waals surface area contributed by atoms with Crippen LogP contribution < -0.4 is 9.62 Å². The summed E-state index contributed by atoms with van der Waals surface area (Å²) >= 11 is 6.40. The lowest BCUT2D eigenvalue weighted by molar-refractivity contribution is -0.139. The zero-order chi connectivity index (χ0) is 30.0. The fraction of sp³-hybridized carbons (Fsp3) is 0.375. The van der Waals surface area contributed by atoms with Crippen molar-refractivity contribution in [1.82, 2.24) is 10.2 Å². The van der Waals surface area contributed by atoms with Gasteiger partial charge in [-0.1, -0.05) is 86.0 Å². The smallest absolute Gasteiger partial charge is 0.264 e. The van der Waals surface area contributed by atoms with E-state index < -0.39 is 28.5 Å². The largest absolute Gasteiger partial charge is 0.354 e. The molecule has 0 unspecified atom stereocenters. The average molecular weight is 598 g/mol. The third kappa shape index (κ3) is 8.33. The van der Waals surface area contributed by atoms with Gasteiger partial charge in [0.25, 0.3) is 10.0 Å². The molecule has 1 N–H and O–H groups in total. The van der Waals surface area contributed by atoms with Gasteiger partial charge in [-0.05, 0) is 68.5 Å². The van der Waals surface area contributed by atoms with Crippen molar-refractivity contribution in [3.05, 3.63) is 94.5 Å². The lowest BCUT2D eigenvalue weighted by Gasteiger charge is -2.33. The van der Waals surface area contributed by atoms with E-state index in [1.54, 1.807) is 37.3 Å². The van der Waals surface area contributed by atoms with Gasteiger partial charge < -0.3 is 10.2 Å². The summed E-state index contributed by atoms with van der Waals surface area (Å²) in [5.74, 6) is -0.706. The molecule has 7 nitrogen and oxygen atoms in total. The topological polar surface area (TPSA) is 86.8 Å². The maximum atomic E-state index is 14.1. The van der Waals surface area contributed by atoms with Crippen molar-refractivity contribution in [1.29, 1.82) is 0 Å². The number of amides is 2. The van der Waals surface area contributed by atoms with Crippen LogP contribution >= 0.6 is 11.6 Å². The highest BCUT2D eigenvalue weighted by Crippen LogP contribution is 2.31. The Morgan fingerprint density at radius 3 is 2.24 bits per heavy atom. The van der Waals surface area contributed by atoms with Crippen LogP contribution in [0.3, 0.4) is 0 Å². The first-order chi connectivity index (χ1) is 19.6. The predicted molar refractivity (Wildman–Crippen MR) is 166 cm³/mol. The molecule has 0 bridgehead atoms. The molecule has 0 saturated carbocycles. The van der Waals surface area contributed by atoms with Gasteiger partial charge in [0.05, 0.1) is 10.6 Å². The summed E-state index contributed by atoms with van der Waals surface area (Å²) < 4.78 is 29.2. The molecule has 0 radical (unpaired) electrons. The molecule has 0 aliphatic carbocycles. The number of rotatable bonds is 14. The van der Waals surface area contributed by atoms with E-state index in [1.165, 1.54) is 17.0 Å². The lowest BCUT2D eigenvalue weighted by Crippen LogP contribution is -2.53. The van der Waals surface area contributed by atoms with Gasteiger partial charge in [0.2, 0.25) is 11.8 Å². The number of nitrogens with one attached hydrogen (secondary N) is 1. The van der Waals surface area contributed by atoms with E-state index in [9.17, 15) is 18.0 Å². The second-order valence-electron chi connectivity index (χ2n) is 10.1. The SMILES string of the molecule is CCCCNC(=O)[C@@H](CC)N(CCc1ccccc1)C(=O)CN(c1cccc(Cl)c1C)S(=O)(=O)c1ccc(C)cc1. The Balaban J connectivity index is 2.02. The third-order valence-corrected chi connectivity index (χ3v) is 9.28. The van der Waals surface area contributed by atoms with E-state index in [0.29, 0.717) is 35.7 Å². The van der Waals surface area contributed by atoms with E-state index in [-0.39, 0.29) is 17.3 Å². The van der Waals surface area contributed by atoms with E-state index in [4.69, 9.17) is 11.6 Å². The van der Waals surface area contributed by atoms with Gasteiger partial charge in [0, 0.05) is 18.1 Å². The maximum Gasteiger partial charge on any atom is 0.264 e. The van der Waals surface area contributed by atoms with Gasteiger partial charge in [-0.25, -0.2) is 8.42 Å². The number of halogens is 1. The van der Waals surface area contributed by atoms with Crippen LogP contribution in [0.15, 0.2) is 77.7 Å². The van der Waals surface area contributed by atoms with Gasteiger partial charge in [-0.3, -0.25) is 13.9 Å². The van der Waals surface area contributed by atoms with Crippen LogP contribution in [0.25, 0.3) is 0 Å². The highest BCUT2D eigenvalue weighted by molar-refractivity contribution is 7.92. The number of aryl methyl sites for hydroxylation is 1. The van der Waals surface area contributed by atoms with Gasteiger partial charge in [-0.2, -0.15) is 0 Å². The van der Waals surface area contributed by atoms with Crippen molar-refractivity contribution >= 4 is 39.1 Å². The first-order valence-electron chi connectivity index (χ1n) is 14.1.